The molecule has 1 amide bonds. The lowest BCUT2D eigenvalue weighted by atomic mass is 10.00. The summed E-state index contributed by atoms with van der Waals surface area (Å²) in [7, 11) is 0. The number of hydrogen-bond acceptors (Lipinski definition) is 3. The summed E-state index contributed by atoms with van der Waals surface area (Å²) in [6, 6.07) is -1.64. The quantitative estimate of drug-likeness (QED) is 0.718. The summed E-state index contributed by atoms with van der Waals surface area (Å²) in [5.41, 5.74) is -0.888. The highest BCUT2D eigenvalue weighted by Gasteiger charge is 2.53. The lowest BCUT2D eigenvalue weighted by Crippen LogP contribution is -2.45. The van der Waals surface area contributed by atoms with E-state index in [0.717, 1.165) is 0 Å². The Kier molecular flexibility index (Phi) is 3.40. The van der Waals surface area contributed by atoms with Crippen molar-refractivity contribution >= 4 is 11.9 Å². The number of halogens is 3. The summed E-state index contributed by atoms with van der Waals surface area (Å²) in [6.45, 7) is 4.64. The van der Waals surface area contributed by atoms with Gasteiger partial charge < -0.3 is 10.1 Å². The maximum atomic E-state index is 12.6. The third-order valence-electron chi connectivity index (χ3n) is 2.21. The van der Waals surface area contributed by atoms with Gasteiger partial charge in [0, 0.05) is 6.42 Å². The summed E-state index contributed by atoms with van der Waals surface area (Å²) in [5.74, 6) is -3.85. The number of esters is 1. The Balaban J connectivity index is 2.81. The number of alkyl halides is 3. The lowest BCUT2D eigenvalue weighted by Gasteiger charge is -2.25. The molecule has 0 bridgehead atoms. The summed E-state index contributed by atoms with van der Waals surface area (Å²) >= 11 is 0. The number of hydrogen-bond donors (Lipinski definition) is 1. The summed E-state index contributed by atoms with van der Waals surface area (Å²) in [5, 5.41) is 2.00. The molecule has 0 saturated carbocycles. The molecule has 0 spiro atoms. The van der Waals surface area contributed by atoms with Crippen LogP contribution >= 0.6 is 0 Å². The number of carbonyl (C=O) groups is 2. The van der Waals surface area contributed by atoms with Gasteiger partial charge in [0.05, 0.1) is 5.92 Å². The largest absolute Gasteiger partial charge is 0.458 e. The van der Waals surface area contributed by atoms with E-state index in [4.69, 9.17) is 4.74 Å². The van der Waals surface area contributed by atoms with Gasteiger partial charge in [-0.3, -0.25) is 4.79 Å². The van der Waals surface area contributed by atoms with Crippen molar-refractivity contribution in [1.82, 2.24) is 5.32 Å². The van der Waals surface area contributed by atoms with E-state index >= 15 is 0 Å². The first-order chi connectivity index (χ1) is 7.50. The fourth-order valence-electron chi connectivity index (χ4n) is 1.54. The molecule has 0 aromatic carbocycles. The number of ether oxygens (including phenoxy) is 1. The first-order valence-electron chi connectivity index (χ1n) is 5.09. The Morgan fingerprint density at radius 1 is 1.35 bits per heavy atom. The molecule has 0 aliphatic carbocycles. The average Bonchev–Trinajstić information content (AvgIpc) is 2.43. The second kappa shape index (κ2) is 4.19. The molecule has 0 unspecified atom stereocenters. The van der Waals surface area contributed by atoms with E-state index in [1.807, 2.05) is 5.32 Å². The van der Waals surface area contributed by atoms with Gasteiger partial charge in [0.1, 0.15) is 11.6 Å². The Morgan fingerprint density at radius 3 is 2.29 bits per heavy atom. The third kappa shape index (κ3) is 3.61. The highest BCUT2D eigenvalue weighted by atomic mass is 19.4. The molecule has 1 aliphatic rings. The standard InChI is InChI=1S/C10H14F3NO3/c1-9(2,3)17-8(16)7-5(10(11,12)13)4-6(15)14-7/h5,7H,4H2,1-3H3,(H,14,15)/t5-,7+/m1/s1. The number of rotatable bonds is 1. The number of nitrogens with one attached hydrogen (secondary N) is 1. The van der Waals surface area contributed by atoms with Crippen molar-refractivity contribution in [3.63, 3.8) is 0 Å². The first kappa shape index (κ1) is 13.8. The fraction of sp³-hybridized carbons (Fsp3) is 0.800. The zero-order valence-electron chi connectivity index (χ0n) is 9.72. The van der Waals surface area contributed by atoms with Crippen LogP contribution in [-0.2, 0) is 14.3 Å². The van der Waals surface area contributed by atoms with Gasteiger partial charge in [0.2, 0.25) is 5.91 Å². The second-order valence-corrected chi connectivity index (χ2v) is 4.93. The van der Waals surface area contributed by atoms with Gasteiger partial charge in [0.15, 0.2) is 0 Å². The molecule has 7 heteroatoms. The second-order valence-electron chi connectivity index (χ2n) is 4.93. The van der Waals surface area contributed by atoms with Gasteiger partial charge >= 0.3 is 12.1 Å². The molecule has 1 fully saturated rings. The number of carbonyl (C=O) groups excluding carboxylic acids is 2. The van der Waals surface area contributed by atoms with Crippen LogP contribution in [0.25, 0.3) is 0 Å². The van der Waals surface area contributed by atoms with E-state index in [9.17, 15) is 22.8 Å². The fourth-order valence-corrected chi connectivity index (χ4v) is 1.54. The van der Waals surface area contributed by atoms with Crippen LogP contribution in [-0.4, -0.2) is 29.7 Å². The van der Waals surface area contributed by atoms with E-state index in [-0.39, 0.29) is 0 Å². The molecule has 1 aliphatic heterocycles. The van der Waals surface area contributed by atoms with Crippen molar-refractivity contribution in [3.05, 3.63) is 0 Å². The minimum Gasteiger partial charge on any atom is -0.458 e. The van der Waals surface area contributed by atoms with Crippen LogP contribution in [0.4, 0.5) is 13.2 Å². The average molecular weight is 253 g/mol. The van der Waals surface area contributed by atoms with Gasteiger partial charge in [0.25, 0.3) is 0 Å². The molecular formula is C10H14F3NO3. The Hall–Kier alpha value is -1.27. The minimum atomic E-state index is -4.60. The predicted octanol–water partition coefficient (Wildman–Crippen LogP) is 1.40. The lowest BCUT2D eigenvalue weighted by molar-refractivity contribution is -0.190. The van der Waals surface area contributed by atoms with Gasteiger partial charge in [-0.25, -0.2) is 4.79 Å². The summed E-state index contributed by atoms with van der Waals surface area (Å²) in [4.78, 5) is 22.5. The van der Waals surface area contributed by atoms with Crippen molar-refractivity contribution < 1.29 is 27.5 Å². The topological polar surface area (TPSA) is 55.4 Å². The van der Waals surface area contributed by atoms with Gasteiger partial charge in [-0.1, -0.05) is 0 Å². The molecule has 1 rings (SSSR count). The van der Waals surface area contributed by atoms with E-state index in [0.29, 0.717) is 0 Å². The maximum Gasteiger partial charge on any atom is 0.394 e. The van der Waals surface area contributed by atoms with Crippen molar-refractivity contribution in [1.29, 1.82) is 0 Å². The van der Waals surface area contributed by atoms with Gasteiger partial charge in [-0.15, -0.1) is 0 Å². The minimum absolute atomic E-state index is 0.729. The Labute approximate surface area is 96.5 Å². The van der Waals surface area contributed by atoms with E-state index in [1.54, 1.807) is 20.8 Å². The zero-order chi connectivity index (χ0) is 13.4. The monoisotopic (exact) mass is 253 g/mol. The molecule has 98 valence electrons. The molecule has 1 N–H and O–H groups in total. The maximum absolute atomic E-state index is 12.6. The summed E-state index contributed by atoms with van der Waals surface area (Å²) in [6.07, 6.45) is -5.33. The highest BCUT2D eigenvalue weighted by Crippen LogP contribution is 2.35. The highest BCUT2D eigenvalue weighted by molar-refractivity contribution is 5.89. The van der Waals surface area contributed by atoms with Gasteiger partial charge in [-0.2, -0.15) is 13.2 Å². The van der Waals surface area contributed by atoms with Crippen LogP contribution < -0.4 is 5.32 Å². The molecule has 0 aromatic rings. The molecule has 1 heterocycles. The van der Waals surface area contributed by atoms with Crippen LogP contribution in [0.1, 0.15) is 27.2 Å². The molecule has 2 atom stereocenters. The van der Waals surface area contributed by atoms with Crippen molar-refractivity contribution in [2.24, 2.45) is 5.92 Å². The number of amides is 1. The van der Waals surface area contributed by atoms with Crippen LogP contribution in [0, 0.1) is 5.92 Å². The first-order valence-corrected chi connectivity index (χ1v) is 5.09. The van der Waals surface area contributed by atoms with Crippen LogP contribution in [0.3, 0.4) is 0 Å². The van der Waals surface area contributed by atoms with Crippen LogP contribution in [0.2, 0.25) is 0 Å². The summed E-state index contributed by atoms with van der Waals surface area (Å²) < 4.78 is 42.6. The SMILES string of the molecule is CC(C)(C)OC(=O)[C@H]1NC(=O)C[C@H]1C(F)(F)F. The van der Waals surface area contributed by atoms with E-state index in [1.165, 1.54) is 0 Å². The Bertz CT molecular complexity index is 333. The molecule has 17 heavy (non-hydrogen) atoms. The normalized spacial score (nSPS) is 25.6. The molecule has 1 saturated heterocycles. The zero-order valence-corrected chi connectivity index (χ0v) is 9.72. The van der Waals surface area contributed by atoms with E-state index in [2.05, 4.69) is 0 Å². The van der Waals surface area contributed by atoms with E-state index < -0.39 is 42.0 Å². The predicted molar refractivity (Wildman–Crippen MR) is 51.9 cm³/mol. The van der Waals surface area contributed by atoms with Crippen LogP contribution in [0.5, 0.6) is 0 Å². The Morgan fingerprint density at radius 2 is 1.88 bits per heavy atom. The van der Waals surface area contributed by atoms with Crippen molar-refractivity contribution in [2.75, 3.05) is 0 Å². The van der Waals surface area contributed by atoms with Gasteiger partial charge in [-0.05, 0) is 20.8 Å². The smallest absolute Gasteiger partial charge is 0.394 e. The molecular weight excluding hydrogens is 239 g/mol. The third-order valence-corrected chi connectivity index (χ3v) is 2.21. The van der Waals surface area contributed by atoms with Crippen LogP contribution in [0.15, 0.2) is 0 Å². The molecule has 0 radical (unpaired) electrons. The van der Waals surface area contributed by atoms with Crippen molar-refractivity contribution in [3.8, 4) is 0 Å². The molecule has 4 nitrogen and oxygen atoms in total. The van der Waals surface area contributed by atoms with Crippen molar-refractivity contribution in [2.45, 2.75) is 45.0 Å². The molecule has 0 aromatic heterocycles.